The number of carbonyl (C=O) groups excluding carboxylic acids is 2. The number of hydrazone groups is 1. The SMILES string of the molecule is Cc1ccc(C2=NN(C(=O)Cl)CC2N2CCOCC2=O)cc1. The molecule has 1 unspecified atom stereocenters. The minimum atomic E-state index is -0.646. The van der Waals surface area contributed by atoms with E-state index in [1.165, 1.54) is 5.01 Å². The number of amides is 2. The van der Waals surface area contributed by atoms with E-state index in [4.69, 9.17) is 16.3 Å². The Morgan fingerprint density at radius 3 is 2.73 bits per heavy atom. The Labute approximate surface area is 133 Å². The Bertz CT molecular complexity index is 629. The molecule has 2 heterocycles. The van der Waals surface area contributed by atoms with Gasteiger partial charge in [-0.05, 0) is 24.1 Å². The summed E-state index contributed by atoms with van der Waals surface area (Å²) in [6.45, 7) is 3.30. The number of hydrogen-bond acceptors (Lipinski definition) is 4. The van der Waals surface area contributed by atoms with Crippen LogP contribution < -0.4 is 0 Å². The van der Waals surface area contributed by atoms with Crippen molar-refractivity contribution in [2.75, 3.05) is 26.3 Å². The van der Waals surface area contributed by atoms with Gasteiger partial charge in [0.1, 0.15) is 6.61 Å². The second kappa shape index (κ2) is 6.06. The summed E-state index contributed by atoms with van der Waals surface area (Å²) in [6.07, 6.45) is 0. The Morgan fingerprint density at radius 2 is 2.09 bits per heavy atom. The van der Waals surface area contributed by atoms with Crippen molar-refractivity contribution in [2.45, 2.75) is 13.0 Å². The Kier molecular flexibility index (Phi) is 4.13. The van der Waals surface area contributed by atoms with Crippen LogP contribution in [0.5, 0.6) is 0 Å². The molecule has 0 radical (unpaired) electrons. The Balaban J connectivity index is 1.94. The summed E-state index contributed by atoms with van der Waals surface area (Å²) < 4.78 is 5.16. The van der Waals surface area contributed by atoms with Crippen molar-refractivity contribution in [2.24, 2.45) is 5.10 Å². The van der Waals surface area contributed by atoms with E-state index in [2.05, 4.69) is 5.10 Å². The van der Waals surface area contributed by atoms with Crippen molar-refractivity contribution in [3.8, 4) is 0 Å². The lowest BCUT2D eigenvalue weighted by Gasteiger charge is -2.32. The van der Waals surface area contributed by atoms with Crippen LogP contribution in [0, 0.1) is 6.92 Å². The average Bonchev–Trinajstić information content (AvgIpc) is 2.94. The molecule has 1 aromatic carbocycles. The fourth-order valence-corrected chi connectivity index (χ4v) is 2.79. The van der Waals surface area contributed by atoms with Gasteiger partial charge < -0.3 is 9.64 Å². The minimum absolute atomic E-state index is 0.0620. The van der Waals surface area contributed by atoms with Crippen molar-refractivity contribution < 1.29 is 14.3 Å². The predicted octanol–water partition coefficient (Wildman–Crippen LogP) is 1.60. The topological polar surface area (TPSA) is 62.2 Å². The van der Waals surface area contributed by atoms with Gasteiger partial charge in [0.2, 0.25) is 5.91 Å². The second-order valence-corrected chi connectivity index (χ2v) is 5.67. The largest absolute Gasteiger partial charge is 0.370 e. The molecule has 0 aliphatic carbocycles. The number of rotatable bonds is 2. The summed E-state index contributed by atoms with van der Waals surface area (Å²) in [4.78, 5) is 25.3. The number of aryl methyl sites for hydroxylation is 1. The smallest absolute Gasteiger partial charge is 0.336 e. The lowest BCUT2D eigenvalue weighted by Crippen LogP contribution is -2.52. The zero-order valence-corrected chi connectivity index (χ0v) is 12.9. The van der Waals surface area contributed by atoms with Crippen LogP contribution in [-0.2, 0) is 9.53 Å². The van der Waals surface area contributed by atoms with Gasteiger partial charge in [0.15, 0.2) is 0 Å². The molecule has 2 aliphatic heterocycles. The molecule has 0 saturated carbocycles. The van der Waals surface area contributed by atoms with Gasteiger partial charge in [0.25, 0.3) is 0 Å². The van der Waals surface area contributed by atoms with Gasteiger partial charge in [-0.3, -0.25) is 9.59 Å². The molecular formula is C15H16ClN3O3. The molecule has 1 aromatic rings. The van der Waals surface area contributed by atoms with E-state index in [1.807, 2.05) is 31.2 Å². The van der Waals surface area contributed by atoms with Crippen LogP contribution in [0.2, 0.25) is 0 Å². The van der Waals surface area contributed by atoms with Crippen LogP contribution in [0.1, 0.15) is 11.1 Å². The maximum absolute atomic E-state index is 12.1. The first-order valence-electron chi connectivity index (χ1n) is 7.06. The molecule has 0 spiro atoms. The predicted molar refractivity (Wildman–Crippen MR) is 82.0 cm³/mol. The first-order valence-corrected chi connectivity index (χ1v) is 7.44. The normalized spacial score (nSPS) is 22.0. The number of ether oxygens (including phenoxy) is 1. The Morgan fingerprint density at radius 1 is 1.36 bits per heavy atom. The standard InChI is InChI=1S/C15H16ClN3O3/c1-10-2-4-11(5-3-10)14-12(8-19(17-14)15(16)21)18-6-7-22-9-13(18)20/h2-5,12H,6-9H2,1H3. The third kappa shape index (κ3) is 2.84. The molecule has 1 saturated heterocycles. The minimum Gasteiger partial charge on any atom is -0.370 e. The summed E-state index contributed by atoms with van der Waals surface area (Å²) in [7, 11) is 0. The Hall–Kier alpha value is -1.92. The van der Waals surface area contributed by atoms with Crippen molar-refractivity contribution in [1.82, 2.24) is 9.91 Å². The highest BCUT2D eigenvalue weighted by Crippen LogP contribution is 2.22. The average molecular weight is 322 g/mol. The maximum Gasteiger partial charge on any atom is 0.336 e. The number of hydrogen-bond donors (Lipinski definition) is 0. The highest BCUT2D eigenvalue weighted by atomic mass is 35.5. The van der Waals surface area contributed by atoms with Crippen molar-refractivity contribution >= 4 is 28.6 Å². The molecule has 3 rings (SSSR count). The molecule has 116 valence electrons. The van der Waals surface area contributed by atoms with Gasteiger partial charge in [0.05, 0.1) is 24.9 Å². The van der Waals surface area contributed by atoms with E-state index < -0.39 is 5.37 Å². The van der Waals surface area contributed by atoms with E-state index in [9.17, 15) is 9.59 Å². The summed E-state index contributed by atoms with van der Waals surface area (Å²) in [6, 6.07) is 7.53. The van der Waals surface area contributed by atoms with Crippen LogP contribution in [0.4, 0.5) is 4.79 Å². The van der Waals surface area contributed by atoms with E-state index in [-0.39, 0.29) is 25.1 Å². The molecule has 1 atom stereocenters. The zero-order valence-electron chi connectivity index (χ0n) is 12.2. The quantitative estimate of drug-likeness (QED) is 0.614. The van der Waals surface area contributed by atoms with Crippen LogP contribution in [0.3, 0.4) is 0 Å². The molecule has 22 heavy (non-hydrogen) atoms. The molecular weight excluding hydrogens is 306 g/mol. The van der Waals surface area contributed by atoms with Gasteiger partial charge in [0, 0.05) is 6.54 Å². The molecule has 1 fully saturated rings. The van der Waals surface area contributed by atoms with E-state index in [1.54, 1.807) is 4.90 Å². The lowest BCUT2D eigenvalue weighted by atomic mass is 10.0. The monoisotopic (exact) mass is 321 g/mol. The summed E-state index contributed by atoms with van der Waals surface area (Å²) in [5, 5.41) is 4.87. The van der Waals surface area contributed by atoms with Gasteiger partial charge >= 0.3 is 5.37 Å². The summed E-state index contributed by atoms with van der Waals surface area (Å²) in [5.41, 5.74) is 2.70. The van der Waals surface area contributed by atoms with Gasteiger partial charge in [-0.25, -0.2) is 5.01 Å². The first-order chi connectivity index (χ1) is 10.6. The number of halogens is 1. The van der Waals surface area contributed by atoms with Crippen LogP contribution in [-0.4, -0.2) is 59.2 Å². The molecule has 0 bridgehead atoms. The number of carbonyl (C=O) groups is 2. The third-order valence-corrected chi connectivity index (χ3v) is 4.03. The zero-order chi connectivity index (χ0) is 15.7. The van der Waals surface area contributed by atoms with E-state index in [0.717, 1.165) is 11.1 Å². The second-order valence-electron chi connectivity index (χ2n) is 5.34. The summed E-state index contributed by atoms with van der Waals surface area (Å²) >= 11 is 5.55. The third-order valence-electron chi connectivity index (χ3n) is 3.84. The fourth-order valence-electron chi connectivity index (χ4n) is 2.68. The molecule has 0 N–H and O–H groups in total. The van der Waals surface area contributed by atoms with Crippen LogP contribution in [0.25, 0.3) is 0 Å². The first kappa shape index (κ1) is 15.0. The van der Waals surface area contributed by atoms with Gasteiger partial charge in [-0.2, -0.15) is 5.10 Å². The van der Waals surface area contributed by atoms with Gasteiger partial charge in [-0.1, -0.05) is 29.8 Å². The maximum atomic E-state index is 12.1. The van der Waals surface area contributed by atoms with Crippen molar-refractivity contribution in [3.05, 3.63) is 35.4 Å². The fraction of sp³-hybridized carbons (Fsp3) is 0.400. The highest BCUT2D eigenvalue weighted by Gasteiger charge is 2.37. The highest BCUT2D eigenvalue weighted by molar-refractivity contribution is 6.62. The van der Waals surface area contributed by atoms with Crippen LogP contribution in [0.15, 0.2) is 29.4 Å². The van der Waals surface area contributed by atoms with Gasteiger partial charge in [-0.15, -0.1) is 0 Å². The molecule has 0 aromatic heterocycles. The van der Waals surface area contributed by atoms with E-state index in [0.29, 0.717) is 18.9 Å². The molecule has 6 nitrogen and oxygen atoms in total. The number of nitrogens with zero attached hydrogens (tertiary/aromatic N) is 3. The molecule has 2 aliphatic rings. The number of morpholine rings is 1. The van der Waals surface area contributed by atoms with Crippen LogP contribution >= 0.6 is 11.6 Å². The van der Waals surface area contributed by atoms with E-state index >= 15 is 0 Å². The molecule has 7 heteroatoms. The number of benzene rings is 1. The summed E-state index contributed by atoms with van der Waals surface area (Å²) in [5.74, 6) is -0.0973. The van der Waals surface area contributed by atoms with Crippen molar-refractivity contribution in [1.29, 1.82) is 0 Å². The lowest BCUT2D eigenvalue weighted by molar-refractivity contribution is -0.143. The van der Waals surface area contributed by atoms with Crippen molar-refractivity contribution in [3.63, 3.8) is 0 Å². The molecule has 2 amide bonds.